The van der Waals surface area contributed by atoms with Gasteiger partial charge in [-0.2, -0.15) is 0 Å². The van der Waals surface area contributed by atoms with Crippen molar-refractivity contribution in [3.8, 4) is 11.5 Å². The van der Waals surface area contributed by atoms with Crippen molar-refractivity contribution in [1.82, 2.24) is 0 Å². The van der Waals surface area contributed by atoms with Crippen molar-refractivity contribution in [2.45, 2.75) is 11.3 Å². The number of aliphatic hydroxyl groups excluding tert-OH is 1. The Bertz CT molecular complexity index is 1110. The number of allylic oxidation sites excluding steroid dienone is 4. The Kier molecular flexibility index (Phi) is 5.10. The van der Waals surface area contributed by atoms with Crippen LogP contribution in [0.4, 0.5) is 0 Å². The predicted octanol–water partition coefficient (Wildman–Crippen LogP) is 5.08. The molecule has 2 N–H and O–H groups in total. The standard InChI is InChI=1S/C27H24O4/c28-17-18-30-21-13-9-19(10-14-21)27(20-11-15-22(31-29)16-12-20)25-7-3-1-5-23(25)24-6-2-4-8-26(24)27/h1-16,23,25,28-29H,17-18H2. The number of rotatable bonds is 6. The summed E-state index contributed by atoms with van der Waals surface area (Å²) in [5.41, 5.74) is 4.52. The van der Waals surface area contributed by atoms with Gasteiger partial charge in [-0.25, -0.2) is 5.26 Å². The lowest BCUT2D eigenvalue weighted by atomic mass is 9.63. The van der Waals surface area contributed by atoms with E-state index in [2.05, 4.69) is 65.6 Å². The zero-order chi connectivity index (χ0) is 21.3. The van der Waals surface area contributed by atoms with Crippen molar-refractivity contribution in [2.24, 2.45) is 5.92 Å². The van der Waals surface area contributed by atoms with E-state index < -0.39 is 5.41 Å². The fraction of sp³-hybridized carbons (Fsp3) is 0.185. The van der Waals surface area contributed by atoms with Crippen LogP contribution in [0.3, 0.4) is 0 Å². The van der Waals surface area contributed by atoms with Gasteiger partial charge in [0.2, 0.25) is 0 Å². The highest BCUT2D eigenvalue weighted by Crippen LogP contribution is 2.59. The number of fused-ring (bicyclic) bond motifs is 3. The molecule has 4 nitrogen and oxygen atoms in total. The molecule has 3 aromatic rings. The first-order chi connectivity index (χ1) is 15.3. The van der Waals surface area contributed by atoms with Crippen LogP contribution in [-0.4, -0.2) is 23.6 Å². The zero-order valence-corrected chi connectivity index (χ0v) is 17.0. The van der Waals surface area contributed by atoms with Crippen LogP contribution in [0, 0.1) is 5.92 Å². The average Bonchev–Trinajstić information content (AvgIpc) is 3.14. The first kappa shape index (κ1) is 19.6. The van der Waals surface area contributed by atoms with Gasteiger partial charge in [0.25, 0.3) is 0 Å². The van der Waals surface area contributed by atoms with E-state index in [1.165, 1.54) is 16.7 Å². The molecule has 0 amide bonds. The van der Waals surface area contributed by atoms with Crippen molar-refractivity contribution < 1.29 is 20.0 Å². The molecule has 0 spiro atoms. The molecule has 0 radical (unpaired) electrons. The molecular formula is C27H24O4. The van der Waals surface area contributed by atoms with Gasteiger partial charge in [0.15, 0.2) is 5.75 Å². The topological polar surface area (TPSA) is 58.9 Å². The maximum atomic E-state index is 9.07. The highest BCUT2D eigenvalue weighted by molar-refractivity contribution is 5.63. The number of hydrogen-bond donors (Lipinski definition) is 2. The van der Waals surface area contributed by atoms with Gasteiger partial charge in [0, 0.05) is 11.8 Å². The van der Waals surface area contributed by atoms with E-state index in [0.29, 0.717) is 5.75 Å². The SMILES string of the molecule is OCCOc1ccc(C2(c3ccc(OO)cc3)c3ccccc3C3C=CC=CC32)cc1. The number of benzene rings is 3. The van der Waals surface area contributed by atoms with Crippen LogP contribution in [0.25, 0.3) is 0 Å². The zero-order valence-electron chi connectivity index (χ0n) is 17.0. The second-order valence-electron chi connectivity index (χ2n) is 7.93. The summed E-state index contributed by atoms with van der Waals surface area (Å²) in [6.45, 7) is 0.257. The summed E-state index contributed by atoms with van der Waals surface area (Å²) in [5.74, 6) is 1.63. The third-order valence-corrected chi connectivity index (χ3v) is 6.46. The largest absolute Gasteiger partial charge is 0.491 e. The van der Waals surface area contributed by atoms with Gasteiger partial charge in [0.05, 0.1) is 12.0 Å². The van der Waals surface area contributed by atoms with Crippen molar-refractivity contribution >= 4 is 0 Å². The van der Waals surface area contributed by atoms with Crippen LogP contribution in [0.2, 0.25) is 0 Å². The van der Waals surface area contributed by atoms with Crippen molar-refractivity contribution in [1.29, 1.82) is 0 Å². The molecule has 3 atom stereocenters. The van der Waals surface area contributed by atoms with E-state index >= 15 is 0 Å². The molecule has 3 aromatic carbocycles. The lowest BCUT2D eigenvalue weighted by molar-refractivity contribution is -0.137. The molecule has 4 heteroatoms. The maximum Gasteiger partial charge on any atom is 0.165 e. The highest BCUT2D eigenvalue weighted by Gasteiger charge is 2.52. The Morgan fingerprint density at radius 1 is 0.774 bits per heavy atom. The van der Waals surface area contributed by atoms with Crippen molar-refractivity contribution in [2.75, 3.05) is 13.2 Å². The number of aliphatic hydroxyl groups is 1. The van der Waals surface area contributed by atoms with Crippen molar-refractivity contribution in [3.05, 3.63) is 119 Å². The summed E-state index contributed by atoms with van der Waals surface area (Å²) in [4.78, 5) is 4.44. The monoisotopic (exact) mass is 412 g/mol. The smallest absolute Gasteiger partial charge is 0.165 e. The van der Waals surface area contributed by atoms with Crippen LogP contribution in [-0.2, 0) is 5.41 Å². The van der Waals surface area contributed by atoms with Gasteiger partial charge < -0.3 is 14.7 Å². The summed E-state index contributed by atoms with van der Waals surface area (Å²) in [7, 11) is 0. The summed E-state index contributed by atoms with van der Waals surface area (Å²) >= 11 is 0. The fourth-order valence-electron chi connectivity index (χ4n) is 5.26. The molecule has 2 aliphatic rings. The van der Waals surface area contributed by atoms with Gasteiger partial charge >= 0.3 is 0 Å². The van der Waals surface area contributed by atoms with Crippen LogP contribution in [0.5, 0.6) is 11.5 Å². The average molecular weight is 412 g/mol. The van der Waals surface area contributed by atoms with Gasteiger partial charge in [-0.3, -0.25) is 0 Å². The third-order valence-electron chi connectivity index (χ3n) is 6.46. The van der Waals surface area contributed by atoms with Crippen LogP contribution >= 0.6 is 0 Å². The van der Waals surface area contributed by atoms with Gasteiger partial charge in [-0.15, -0.1) is 0 Å². The normalized spacial score (nSPS) is 23.3. The first-order valence-electron chi connectivity index (χ1n) is 10.5. The maximum absolute atomic E-state index is 9.07. The molecule has 5 rings (SSSR count). The Morgan fingerprint density at radius 3 is 2.10 bits per heavy atom. The molecular weight excluding hydrogens is 388 g/mol. The Hall–Kier alpha value is -3.34. The lowest BCUT2D eigenvalue weighted by Gasteiger charge is -2.39. The summed E-state index contributed by atoms with van der Waals surface area (Å²) in [6, 6.07) is 24.5. The molecule has 31 heavy (non-hydrogen) atoms. The summed E-state index contributed by atoms with van der Waals surface area (Å²) in [6.07, 6.45) is 8.85. The molecule has 3 unspecified atom stereocenters. The van der Waals surface area contributed by atoms with Gasteiger partial charge in [-0.1, -0.05) is 72.8 Å². The van der Waals surface area contributed by atoms with Crippen LogP contribution in [0.15, 0.2) is 97.1 Å². The van der Waals surface area contributed by atoms with E-state index in [1.54, 1.807) is 12.1 Å². The molecule has 0 fully saturated rings. The minimum Gasteiger partial charge on any atom is -0.491 e. The lowest BCUT2D eigenvalue weighted by Crippen LogP contribution is -2.35. The molecule has 156 valence electrons. The molecule has 0 saturated heterocycles. The molecule has 0 bridgehead atoms. The fourth-order valence-corrected chi connectivity index (χ4v) is 5.26. The van der Waals surface area contributed by atoms with Gasteiger partial charge in [-0.05, 0) is 46.5 Å². The van der Waals surface area contributed by atoms with E-state index in [4.69, 9.17) is 15.1 Å². The number of hydrogen-bond acceptors (Lipinski definition) is 4. The second-order valence-corrected chi connectivity index (χ2v) is 7.93. The van der Waals surface area contributed by atoms with Crippen LogP contribution in [0.1, 0.15) is 28.2 Å². The number of ether oxygens (including phenoxy) is 1. The first-order valence-corrected chi connectivity index (χ1v) is 10.5. The Balaban J connectivity index is 1.74. The van der Waals surface area contributed by atoms with E-state index in [-0.39, 0.29) is 25.0 Å². The summed E-state index contributed by atoms with van der Waals surface area (Å²) < 4.78 is 5.60. The Labute approximate surface area is 181 Å². The molecule has 0 aromatic heterocycles. The van der Waals surface area contributed by atoms with Gasteiger partial charge in [0.1, 0.15) is 12.4 Å². The quantitative estimate of drug-likeness (QED) is 0.438. The van der Waals surface area contributed by atoms with Crippen LogP contribution < -0.4 is 9.62 Å². The van der Waals surface area contributed by atoms with E-state index in [9.17, 15) is 0 Å². The second kappa shape index (κ2) is 8.06. The highest BCUT2D eigenvalue weighted by atomic mass is 17.1. The Morgan fingerprint density at radius 2 is 1.42 bits per heavy atom. The van der Waals surface area contributed by atoms with E-state index in [0.717, 1.165) is 11.3 Å². The third kappa shape index (κ3) is 3.07. The minimum atomic E-state index is -0.397. The molecule has 0 saturated carbocycles. The van der Waals surface area contributed by atoms with E-state index in [1.807, 2.05) is 24.3 Å². The minimum absolute atomic E-state index is 0.0147. The summed E-state index contributed by atoms with van der Waals surface area (Å²) in [5, 5.41) is 18.1. The molecule has 0 heterocycles. The molecule has 0 aliphatic heterocycles. The molecule has 2 aliphatic carbocycles. The predicted molar refractivity (Wildman–Crippen MR) is 120 cm³/mol. The van der Waals surface area contributed by atoms with Crippen molar-refractivity contribution in [3.63, 3.8) is 0 Å².